The van der Waals surface area contributed by atoms with Crippen LogP contribution in [0.15, 0.2) is 58.3 Å². The van der Waals surface area contributed by atoms with Gasteiger partial charge in [0, 0.05) is 6.04 Å². The molecule has 1 heterocycles. The Bertz CT molecular complexity index is 951. The second-order valence-electron chi connectivity index (χ2n) is 5.50. The molecule has 1 aliphatic rings. The molecule has 6 nitrogen and oxygen atoms in total. The molecule has 2 aromatic carbocycles. The summed E-state index contributed by atoms with van der Waals surface area (Å²) in [6.45, 7) is 1.84. The van der Waals surface area contributed by atoms with E-state index in [-0.39, 0.29) is 15.8 Å². The van der Waals surface area contributed by atoms with Gasteiger partial charge in [-0.3, -0.25) is 4.31 Å². The molecule has 2 N–H and O–H groups in total. The Morgan fingerprint density at radius 3 is 2.13 bits per heavy atom. The van der Waals surface area contributed by atoms with E-state index in [9.17, 15) is 16.8 Å². The summed E-state index contributed by atoms with van der Waals surface area (Å²) in [5, 5.41) is 5.04. The third-order valence-electron chi connectivity index (χ3n) is 3.85. The molecule has 8 heteroatoms. The van der Waals surface area contributed by atoms with Crippen molar-refractivity contribution < 1.29 is 16.8 Å². The van der Waals surface area contributed by atoms with Crippen LogP contribution in [0.5, 0.6) is 0 Å². The molecule has 0 bridgehead atoms. The summed E-state index contributed by atoms with van der Waals surface area (Å²) in [7, 11) is -7.62. The largest absolute Gasteiger partial charge is 0.264 e. The summed E-state index contributed by atoms with van der Waals surface area (Å²) >= 11 is 0. The van der Waals surface area contributed by atoms with Gasteiger partial charge in [-0.25, -0.2) is 22.0 Å². The molecule has 1 atom stereocenters. The third kappa shape index (κ3) is 2.73. The standard InChI is InChI=1S/C15H16N2O4S2/c1-11-10-12-4-2-3-5-15(12)17(11)23(20,21)14-8-6-13(7-9-14)22(16,18)19/h2-9,11H,10H2,1H3,(H2,16,18,19)/t11-/m0/s1. The molecule has 0 unspecified atom stereocenters. The Morgan fingerprint density at radius 2 is 1.52 bits per heavy atom. The Labute approximate surface area is 135 Å². The molecule has 0 fully saturated rings. The molecule has 3 rings (SSSR count). The molecular weight excluding hydrogens is 336 g/mol. The minimum absolute atomic E-state index is 0.0356. The molecule has 0 saturated carbocycles. The second kappa shape index (κ2) is 5.33. The highest BCUT2D eigenvalue weighted by Gasteiger charge is 2.35. The lowest BCUT2D eigenvalue weighted by Crippen LogP contribution is -2.35. The van der Waals surface area contributed by atoms with Crippen LogP contribution in [0.25, 0.3) is 0 Å². The van der Waals surface area contributed by atoms with Crippen molar-refractivity contribution in [2.75, 3.05) is 4.31 Å². The fourth-order valence-corrected chi connectivity index (χ4v) is 5.03. The topological polar surface area (TPSA) is 97.5 Å². The minimum atomic E-state index is -3.85. The summed E-state index contributed by atoms with van der Waals surface area (Å²) in [6, 6.07) is 12.1. The van der Waals surface area contributed by atoms with Crippen LogP contribution in [0.4, 0.5) is 5.69 Å². The van der Waals surface area contributed by atoms with Gasteiger partial charge in [0.25, 0.3) is 10.0 Å². The van der Waals surface area contributed by atoms with Gasteiger partial charge in [-0.2, -0.15) is 0 Å². The highest BCUT2D eigenvalue weighted by atomic mass is 32.2. The first-order valence-electron chi connectivity index (χ1n) is 6.96. The molecule has 0 saturated heterocycles. The van der Waals surface area contributed by atoms with Crippen molar-refractivity contribution in [2.45, 2.75) is 29.2 Å². The number of anilines is 1. The van der Waals surface area contributed by atoms with E-state index in [0.717, 1.165) is 5.56 Å². The number of rotatable bonds is 3. The molecule has 0 spiro atoms. The fourth-order valence-electron chi connectivity index (χ4n) is 2.82. The van der Waals surface area contributed by atoms with E-state index >= 15 is 0 Å². The van der Waals surface area contributed by atoms with E-state index in [1.807, 2.05) is 19.1 Å². The molecule has 1 aliphatic heterocycles. The van der Waals surface area contributed by atoms with Crippen LogP contribution < -0.4 is 9.44 Å². The van der Waals surface area contributed by atoms with Gasteiger partial charge in [0.05, 0.1) is 15.5 Å². The van der Waals surface area contributed by atoms with Crippen LogP contribution in [0.3, 0.4) is 0 Å². The average molecular weight is 352 g/mol. The lowest BCUT2D eigenvalue weighted by Gasteiger charge is -2.24. The molecule has 122 valence electrons. The Hall–Kier alpha value is -1.90. The maximum atomic E-state index is 12.9. The summed E-state index contributed by atoms with van der Waals surface area (Å²) in [6.07, 6.45) is 0.644. The quantitative estimate of drug-likeness (QED) is 0.904. The number of sulfonamides is 2. The lowest BCUT2D eigenvalue weighted by molar-refractivity contribution is 0.583. The lowest BCUT2D eigenvalue weighted by atomic mass is 10.1. The summed E-state index contributed by atoms with van der Waals surface area (Å²) in [5.74, 6) is 0. The highest BCUT2D eigenvalue weighted by molar-refractivity contribution is 7.93. The zero-order chi connectivity index (χ0) is 16.8. The second-order valence-corrected chi connectivity index (χ2v) is 8.88. The maximum absolute atomic E-state index is 12.9. The number of nitrogens with zero attached hydrogens (tertiary/aromatic N) is 1. The van der Waals surface area contributed by atoms with Gasteiger partial charge >= 0.3 is 0 Å². The van der Waals surface area contributed by atoms with E-state index in [1.165, 1.54) is 28.6 Å². The number of fused-ring (bicyclic) bond motifs is 1. The van der Waals surface area contributed by atoms with Crippen LogP contribution in [0, 0.1) is 0 Å². The third-order valence-corrected chi connectivity index (χ3v) is 6.73. The van der Waals surface area contributed by atoms with Crippen LogP contribution >= 0.6 is 0 Å². The van der Waals surface area contributed by atoms with Gasteiger partial charge in [-0.05, 0) is 49.2 Å². The van der Waals surface area contributed by atoms with Crippen molar-refractivity contribution in [2.24, 2.45) is 5.14 Å². The zero-order valence-corrected chi connectivity index (χ0v) is 14.0. The van der Waals surface area contributed by atoms with Gasteiger partial charge in [-0.1, -0.05) is 18.2 Å². The predicted octanol–water partition coefficient (Wildman–Crippen LogP) is 1.47. The summed E-state index contributed by atoms with van der Waals surface area (Å²) in [5.41, 5.74) is 1.64. The van der Waals surface area contributed by atoms with E-state index in [1.54, 1.807) is 12.1 Å². The molecule has 23 heavy (non-hydrogen) atoms. The minimum Gasteiger partial charge on any atom is -0.263 e. The first-order chi connectivity index (χ1) is 10.7. The number of primary sulfonamides is 1. The van der Waals surface area contributed by atoms with E-state index < -0.39 is 20.0 Å². The molecule has 0 radical (unpaired) electrons. The first-order valence-corrected chi connectivity index (χ1v) is 9.95. The Kier molecular flexibility index (Phi) is 3.70. The molecule has 0 aromatic heterocycles. The Balaban J connectivity index is 2.06. The van der Waals surface area contributed by atoms with Crippen molar-refractivity contribution in [1.29, 1.82) is 0 Å². The van der Waals surface area contributed by atoms with Gasteiger partial charge in [0.1, 0.15) is 0 Å². The average Bonchev–Trinajstić information content (AvgIpc) is 2.83. The monoisotopic (exact) mass is 352 g/mol. The van der Waals surface area contributed by atoms with Crippen LogP contribution in [0.2, 0.25) is 0 Å². The van der Waals surface area contributed by atoms with Crippen molar-refractivity contribution in [1.82, 2.24) is 0 Å². The predicted molar refractivity (Wildman–Crippen MR) is 87.1 cm³/mol. The molecular formula is C15H16N2O4S2. The van der Waals surface area contributed by atoms with Crippen molar-refractivity contribution >= 4 is 25.7 Å². The number of hydrogen-bond donors (Lipinski definition) is 1. The van der Waals surface area contributed by atoms with Crippen molar-refractivity contribution in [3.8, 4) is 0 Å². The number of benzene rings is 2. The van der Waals surface area contributed by atoms with Gasteiger partial charge < -0.3 is 0 Å². The SMILES string of the molecule is C[C@H]1Cc2ccccc2N1S(=O)(=O)c1ccc(S(N)(=O)=O)cc1. The molecule has 0 amide bonds. The molecule has 2 aromatic rings. The van der Waals surface area contributed by atoms with E-state index in [4.69, 9.17) is 5.14 Å². The van der Waals surface area contributed by atoms with Crippen LogP contribution in [0.1, 0.15) is 12.5 Å². The van der Waals surface area contributed by atoms with Crippen molar-refractivity contribution in [3.05, 3.63) is 54.1 Å². The highest BCUT2D eigenvalue weighted by Crippen LogP contribution is 2.36. The van der Waals surface area contributed by atoms with E-state index in [0.29, 0.717) is 12.1 Å². The first kappa shape index (κ1) is 16.0. The fraction of sp³-hybridized carbons (Fsp3) is 0.200. The Morgan fingerprint density at radius 1 is 0.957 bits per heavy atom. The van der Waals surface area contributed by atoms with Crippen molar-refractivity contribution in [3.63, 3.8) is 0 Å². The summed E-state index contributed by atoms with van der Waals surface area (Å²) < 4.78 is 49.8. The summed E-state index contributed by atoms with van der Waals surface area (Å²) in [4.78, 5) is -0.0835. The normalized spacial score (nSPS) is 18.0. The number of nitrogens with two attached hydrogens (primary N) is 1. The number of hydrogen-bond acceptors (Lipinski definition) is 4. The maximum Gasteiger partial charge on any atom is 0.264 e. The van der Waals surface area contributed by atoms with Crippen LogP contribution in [-0.2, 0) is 26.5 Å². The molecule has 0 aliphatic carbocycles. The number of para-hydroxylation sites is 1. The van der Waals surface area contributed by atoms with Crippen LogP contribution in [-0.4, -0.2) is 22.9 Å². The van der Waals surface area contributed by atoms with Gasteiger partial charge in [0.2, 0.25) is 10.0 Å². The smallest absolute Gasteiger partial charge is 0.263 e. The zero-order valence-electron chi connectivity index (χ0n) is 12.4. The van der Waals surface area contributed by atoms with E-state index in [2.05, 4.69) is 0 Å². The van der Waals surface area contributed by atoms with Gasteiger partial charge in [-0.15, -0.1) is 0 Å². The van der Waals surface area contributed by atoms with Gasteiger partial charge in [0.15, 0.2) is 0 Å².